The molecule has 0 saturated carbocycles. The summed E-state index contributed by atoms with van der Waals surface area (Å²) in [6.07, 6.45) is 7.34. The predicted octanol–water partition coefficient (Wildman–Crippen LogP) is 3.56. The molecule has 0 bridgehead atoms. The van der Waals surface area contributed by atoms with E-state index in [0.717, 1.165) is 12.0 Å². The van der Waals surface area contributed by atoms with Gasteiger partial charge >= 0.3 is 0 Å². The third kappa shape index (κ3) is 4.07. The molecule has 4 nitrogen and oxygen atoms in total. The average molecular weight is 306 g/mol. The van der Waals surface area contributed by atoms with Crippen molar-refractivity contribution in [2.24, 2.45) is 0 Å². The number of hydrogen-bond donors (Lipinski definition) is 0. The summed E-state index contributed by atoms with van der Waals surface area (Å²) in [6.45, 7) is 1.17. The van der Waals surface area contributed by atoms with Crippen molar-refractivity contribution in [3.05, 3.63) is 90.1 Å². The molecule has 116 valence electrons. The summed E-state index contributed by atoms with van der Waals surface area (Å²) < 4.78 is 5.04. The highest BCUT2D eigenvalue weighted by molar-refractivity contribution is 5.93. The van der Waals surface area contributed by atoms with E-state index in [1.165, 1.54) is 18.1 Å². The summed E-state index contributed by atoms with van der Waals surface area (Å²) in [6, 6.07) is 15.7. The maximum atomic E-state index is 12.7. The fourth-order valence-corrected chi connectivity index (χ4v) is 2.44. The van der Waals surface area contributed by atoms with Crippen molar-refractivity contribution < 1.29 is 9.21 Å². The fourth-order valence-electron chi connectivity index (χ4n) is 2.44. The fraction of sp³-hybridized carbons (Fsp3) is 0.158. The van der Waals surface area contributed by atoms with E-state index in [9.17, 15) is 4.79 Å². The van der Waals surface area contributed by atoms with Crippen LogP contribution in [0.15, 0.2) is 77.9 Å². The standard InChI is InChI=1S/C19H18N2O2/c22-19(18-9-12-23-15-18)21(14-17-7-4-10-20-13-17)11-8-16-5-2-1-3-6-16/h1-7,9-10,12-13,15H,8,11,14H2. The maximum absolute atomic E-state index is 12.7. The van der Waals surface area contributed by atoms with Crippen molar-refractivity contribution in [1.82, 2.24) is 9.88 Å². The van der Waals surface area contributed by atoms with Crippen LogP contribution in [-0.2, 0) is 13.0 Å². The minimum atomic E-state index is -0.0291. The van der Waals surface area contributed by atoms with Gasteiger partial charge in [-0.2, -0.15) is 0 Å². The number of carbonyl (C=O) groups excluding carboxylic acids is 1. The van der Waals surface area contributed by atoms with Gasteiger partial charge in [-0.1, -0.05) is 36.4 Å². The number of rotatable bonds is 6. The van der Waals surface area contributed by atoms with Gasteiger partial charge in [0.1, 0.15) is 6.26 Å². The van der Waals surface area contributed by atoms with Gasteiger partial charge in [0.05, 0.1) is 11.8 Å². The number of carbonyl (C=O) groups is 1. The second-order valence-corrected chi connectivity index (χ2v) is 5.34. The Balaban J connectivity index is 1.74. The molecule has 23 heavy (non-hydrogen) atoms. The number of amides is 1. The first kappa shape index (κ1) is 15.0. The lowest BCUT2D eigenvalue weighted by Gasteiger charge is -2.22. The molecule has 2 aromatic heterocycles. The molecule has 4 heteroatoms. The minimum absolute atomic E-state index is 0.0291. The van der Waals surface area contributed by atoms with Crippen LogP contribution in [0.2, 0.25) is 0 Å². The highest BCUT2D eigenvalue weighted by Crippen LogP contribution is 2.12. The van der Waals surface area contributed by atoms with Gasteiger partial charge in [0.25, 0.3) is 5.91 Å². The van der Waals surface area contributed by atoms with E-state index in [1.54, 1.807) is 18.5 Å². The number of hydrogen-bond acceptors (Lipinski definition) is 3. The Kier molecular flexibility index (Phi) is 4.84. The molecule has 0 aliphatic carbocycles. The Morgan fingerprint density at radius 3 is 2.57 bits per heavy atom. The van der Waals surface area contributed by atoms with E-state index in [4.69, 9.17) is 4.42 Å². The predicted molar refractivity (Wildman–Crippen MR) is 87.8 cm³/mol. The van der Waals surface area contributed by atoms with Crippen molar-refractivity contribution in [2.45, 2.75) is 13.0 Å². The lowest BCUT2D eigenvalue weighted by atomic mass is 10.1. The summed E-state index contributed by atoms with van der Waals surface area (Å²) in [7, 11) is 0. The number of benzene rings is 1. The van der Waals surface area contributed by atoms with E-state index < -0.39 is 0 Å². The Morgan fingerprint density at radius 1 is 1.04 bits per heavy atom. The first-order valence-electron chi connectivity index (χ1n) is 7.57. The molecule has 0 fully saturated rings. The Bertz CT molecular complexity index is 725. The summed E-state index contributed by atoms with van der Waals surface area (Å²) in [5.41, 5.74) is 2.79. The molecule has 1 amide bonds. The van der Waals surface area contributed by atoms with Crippen molar-refractivity contribution in [2.75, 3.05) is 6.54 Å². The molecule has 1 aromatic carbocycles. The number of aromatic nitrogens is 1. The van der Waals surface area contributed by atoms with Gasteiger partial charge in [-0.05, 0) is 29.7 Å². The smallest absolute Gasteiger partial charge is 0.257 e. The SMILES string of the molecule is O=C(c1ccoc1)N(CCc1ccccc1)Cc1cccnc1. The van der Waals surface area contributed by atoms with Gasteiger partial charge in [0.15, 0.2) is 0 Å². The highest BCUT2D eigenvalue weighted by atomic mass is 16.3. The van der Waals surface area contributed by atoms with E-state index in [-0.39, 0.29) is 5.91 Å². The summed E-state index contributed by atoms with van der Waals surface area (Å²) in [5.74, 6) is -0.0291. The van der Waals surface area contributed by atoms with E-state index in [1.807, 2.05) is 35.2 Å². The number of furan rings is 1. The van der Waals surface area contributed by atoms with Crippen molar-refractivity contribution in [3.8, 4) is 0 Å². The zero-order chi connectivity index (χ0) is 15.9. The van der Waals surface area contributed by atoms with Gasteiger partial charge in [-0.3, -0.25) is 9.78 Å². The molecule has 2 heterocycles. The van der Waals surface area contributed by atoms with Crippen LogP contribution in [0.25, 0.3) is 0 Å². The van der Waals surface area contributed by atoms with Crippen molar-refractivity contribution >= 4 is 5.91 Å². The first-order chi connectivity index (χ1) is 11.3. The molecule has 0 unspecified atom stereocenters. The largest absolute Gasteiger partial charge is 0.472 e. The molecule has 3 rings (SSSR count). The van der Waals surface area contributed by atoms with Crippen LogP contribution in [0.3, 0.4) is 0 Å². The summed E-state index contributed by atoms with van der Waals surface area (Å²) in [4.78, 5) is 18.6. The average Bonchev–Trinajstić information content (AvgIpc) is 3.14. The van der Waals surface area contributed by atoms with Crippen LogP contribution in [-0.4, -0.2) is 22.3 Å². The van der Waals surface area contributed by atoms with E-state index >= 15 is 0 Å². The second-order valence-electron chi connectivity index (χ2n) is 5.34. The van der Waals surface area contributed by atoms with Crippen LogP contribution in [0.5, 0.6) is 0 Å². The monoisotopic (exact) mass is 306 g/mol. The topological polar surface area (TPSA) is 46.3 Å². The Morgan fingerprint density at radius 2 is 1.87 bits per heavy atom. The minimum Gasteiger partial charge on any atom is -0.472 e. The molecule has 0 saturated heterocycles. The third-order valence-electron chi connectivity index (χ3n) is 3.66. The van der Waals surface area contributed by atoms with Gasteiger partial charge < -0.3 is 9.32 Å². The lowest BCUT2D eigenvalue weighted by molar-refractivity contribution is 0.0744. The highest BCUT2D eigenvalue weighted by Gasteiger charge is 2.17. The van der Waals surface area contributed by atoms with Crippen LogP contribution in [0.1, 0.15) is 21.5 Å². The molecular formula is C19H18N2O2. The number of pyridine rings is 1. The molecule has 0 atom stereocenters. The maximum Gasteiger partial charge on any atom is 0.257 e. The Hall–Kier alpha value is -2.88. The second kappa shape index (κ2) is 7.40. The Labute approximate surface area is 135 Å². The summed E-state index contributed by atoms with van der Waals surface area (Å²) in [5, 5.41) is 0. The van der Waals surface area contributed by atoms with Gasteiger partial charge in [0.2, 0.25) is 0 Å². The van der Waals surface area contributed by atoms with Crippen LogP contribution in [0, 0.1) is 0 Å². The van der Waals surface area contributed by atoms with Gasteiger partial charge in [-0.15, -0.1) is 0 Å². The lowest BCUT2D eigenvalue weighted by Crippen LogP contribution is -2.32. The molecule has 0 aliphatic heterocycles. The van der Waals surface area contributed by atoms with Crippen molar-refractivity contribution in [1.29, 1.82) is 0 Å². The van der Waals surface area contributed by atoms with Crippen LogP contribution in [0.4, 0.5) is 0 Å². The first-order valence-corrected chi connectivity index (χ1v) is 7.57. The third-order valence-corrected chi connectivity index (χ3v) is 3.66. The quantitative estimate of drug-likeness (QED) is 0.699. The molecule has 0 N–H and O–H groups in total. The molecule has 0 spiro atoms. The molecule has 3 aromatic rings. The van der Waals surface area contributed by atoms with Gasteiger partial charge in [0, 0.05) is 25.5 Å². The van der Waals surface area contributed by atoms with E-state index in [2.05, 4.69) is 17.1 Å². The van der Waals surface area contributed by atoms with Crippen molar-refractivity contribution in [3.63, 3.8) is 0 Å². The van der Waals surface area contributed by atoms with Crippen LogP contribution >= 0.6 is 0 Å². The molecule has 0 aliphatic rings. The zero-order valence-electron chi connectivity index (χ0n) is 12.8. The van der Waals surface area contributed by atoms with Crippen LogP contribution < -0.4 is 0 Å². The molecule has 0 radical (unpaired) electrons. The normalized spacial score (nSPS) is 10.4. The zero-order valence-corrected chi connectivity index (χ0v) is 12.8. The molecular weight excluding hydrogens is 288 g/mol. The van der Waals surface area contributed by atoms with Gasteiger partial charge in [-0.25, -0.2) is 0 Å². The summed E-state index contributed by atoms with van der Waals surface area (Å²) >= 11 is 0. The number of nitrogens with zero attached hydrogens (tertiary/aromatic N) is 2. The van der Waals surface area contributed by atoms with E-state index in [0.29, 0.717) is 18.7 Å².